The van der Waals surface area contributed by atoms with E-state index >= 15 is 0 Å². The Labute approximate surface area is 120 Å². The number of aryl methyl sites for hydroxylation is 1. The first kappa shape index (κ1) is 15.0. The molecule has 6 heteroatoms. The Kier molecular flexibility index (Phi) is 5.55. The van der Waals surface area contributed by atoms with Gasteiger partial charge in [0.05, 0.1) is 13.2 Å². The number of hydrogen-bond donors (Lipinski definition) is 2. The minimum absolute atomic E-state index is 0.331. The molecule has 0 spiro atoms. The van der Waals surface area contributed by atoms with Gasteiger partial charge in [0.1, 0.15) is 5.82 Å². The second-order valence-corrected chi connectivity index (χ2v) is 5.40. The van der Waals surface area contributed by atoms with Gasteiger partial charge < -0.3 is 15.4 Å². The van der Waals surface area contributed by atoms with Crippen molar-refractivity contribution in [2.45, 2.75) is 26.8 Å². The Morgan fingerprint density at radius 2 is 2.05 bits per heavy atom. The van der Waals surface area contributed by atoms with Crippen LogP contribution in [0.25, 0.3) is 0 Å². The Morgan fingerprint density at radius 1 is 1.30 bits per heavy atom. The summed E-state index contributed by atoms with van der Waals surface area (Å²) in [5.41, 5.74) is 0.969. The van der Waals surface area contributed by atoms with Gasteiger partial charge in [0.2, 0.25) is 5.95 Å². The average molecular weight is 279 g/mol. The second kappa shape index (κ2) is 7.40. The van der Waals surface area contributed by atoms with Gasteiger partial charge in [0.25, 0.3) is 0 Å². The lowest BCUT2D eigenvalue weighted by Gasteiger charge is -2.26. The highest BCUT2D eigenvalue weighted by Crippen LogP contribution is 2.10. The molecule has 0 saturated carbocycles. The van der Waals surface area contributed by atoms with Crippen molar-refractivity contribution in [3.8, 4) is 0 Å². The van der Waals surface area contributed by atoms with Crippen molar-refractivity contribution in [2.75, 3.05) is 50.0 Å². The summed E-state index contributed by atoms with van der Waals surface area (Å²) in [6.07, 6.45) is 0. The molecule has 0 atom stereocenters. The fraction of sp³-hybridized carbons (Fsp3) is 0.714. The summed E-state index contributed by atoms with van der Waals surface area (Å²) in [6, 6.07) is 2.31. The van der Waals surface area contributed by atoms with Crippen molar-refractivity contribution < 1.29 is 4.74 Å². The first-order valence-corrected chi connectivity index (χ1v) is 7.29. The summed E-state index contributed by atoms with van der Waals surface area (Å²) in [5.74, 6) is 1.57. The number of anilines is 2. The largest absolute Gasteiger partial charge is 0.379 e. The average Bonchev–Trinajstić information content (AvgIpc) is 2.38. The predicted octanol–water partition coefficient (Wildman–Crippen LogP) is 1.35. The van der Waals surface area contributed by atoms with Crippen molar-refractivity contribution >= 4 is 11.8 Å². The fourth-order valence-corrected chi connectivity index (χ4v) is 2.15. The highest BCUT2D eigenvalue weighted by Gasteiger charge is 2.09. The lowest BCUT2D eigenvalue weighted by molar-refractivity contribution is 0.0398. The van der Waals surface area contributed by atoms with E-state index in [0.717, 1.165) is 50.9 Å². The van der Waals surface area contributed by atoms with Crippen molar-refractivity contribution in [3.63, 3.8) is 0 Å². The van der Waals surface area contributed by atoms with Crippen LogP contribution in [-0.4, -0.2) is 60.3 Å². The fourth-order valence-electron chi connectivity index (χ4n) is 2.15. The maximum Gasteiger partial charge on any atom is 0.225 e. The van der Waals surface area contributed by atoms with E-state index in [2.05, 4.69) is 39.3 Å². The normalized spacial score (nSPS) is 16.4. The topological polar surface area (TPSA) is 62.3 Å². The van der Waals surface area contributed by atoms with Crippen LogP contribution in [0.15, 0.2) is 6.07 Å². The number of hydrogen-bond acceptors (Lipinski definition) is 6. The number of aromatic nitrogens is 2. The summed E-state index contributed by atoms with van der Waals surface area (Å²) < 4.78 is 5.34. The van der Waals surface area contributed by atoms with Crippen LogP contribution in [0.3, 0.4) is 0 Å². The molecule has 6 nitrogen and oxygen atoms in total. The maximum atomic E-state index is 5.34. The summed E-state index contributed by atoms with van der Waals surface area (Å²) >= 11 is 0. The van der Waals surface area contributed by atoms with Crippen molar-refractivity contribution in [2.24, 2.45) is 0 Å². The van der Waals surface area contributed by atoms with E-state index in [1.165, 1.54) is 0 Å². The van der Waals surface area contributed by atoms with E-state index in [1.54, 1.807) is 0 Å². The van der Waals surface area contributed by atoms with E-state index in [1.807, 2.05) is 13.0 Å². The van der Waals surface area contributed by atoms with Crippen LogP contribution in [0, 0.1) is 6.92 Å². The zero-order chi connectivity index (χ0) is 14.4. The molecule has 1 fully saturated rings. The smallest absolute Gasteiger partial charge is 0.225 e. The van der Waals surface area contributed by atoms with Gasteiger partial charge in [-0.05, 0) is 20.8 Å². The molecule has 2 heterocycles. The van der Waals surface area contributed by atoms with Gasteiger partial charge in [-0.15, -0.1) is 0 Å². The van der Waals surface area contributed by atoms with Gasteiger partial charge in [-0.25, -0.2) is 4.98 Å². The number of nitrogens with zero attached hydrogens (tertiary/aromatic N) is 3. The molecular weight excluding hydrogens is 254 g/mol. The van der Waals surface area contributed by atoms with Crippen LogP contribution in [-0.2, 0) is 4.74 Å². The van der Waals surface area contributed by atoms with E-state index < -0.39 is 0 Å². The molecule has 1 aliphatic rings. The summed E-state index contributed by atoms with van der Waals surface area (Å²) in [6.45, 7) is 11.8. The molecule has 1 aliphatic heterocycles. The molecule has 2 N–H and O–H groups in total. The van der Waals surface area contributed by atoms with Crippen LogP contribution in [0.5, 0.6) is 0 Å². The third-order valence-electron chi connectivity index (χ3n) is 3.11. The van der Waals surface area contributed by atoms with E-state index in [4.69, 9.17) is 4.74 Å². The number of rotatable bonds is 6. The van der Waals surface area contributed by atoms with E-state index in [-0.39, 0.29) is 0 Å². The zero-order valence-corrected chi connectivity index (χ0v) is 12.6. The molecule has 0 aliphatic carbocycles. The van der Waals surface area contributed by atoms with Gasteiger partial charge in [0.15, 0.2) is 0 Å². The first-order valence-electron chi connectivity index (χ1n) is 7.29. The Balaban J connectivity index is 1.83. The minimum atomic E-state index is 0.331. The minimum Gasteiger partial charge on any atom is -0.379 e. The van der Waals surface area contributed by atoms with Crippen LogP contribution in [0.1, 0.15) is 19.5 Å². The van der Waals surface area contributed by atoms with Crippen molar-refractivity contribution in [1.82, 2.24) is 14.9 Å². The van der Waals surface area contributed by atoms with Gasteiger partial charge in [-0.2, -0.15) is 4.98 Å². The molecule has 0 unspecified atom stereocenters. The molecule has 0 radical (unpaired) electrons. The predicted molar refractivity (Wildman–Crippen MR) is 81.3 cm³/mol. The molecule has 20 heavy (non-hydrogen) atoms. The van der Waals surface area contributed by atoms with Crippen LogP contribution >= 0.6 is 0 Å². The third kappa shape index (κ3) is 4.94. The Hall–Kier alpha value is -1.40. The van der Waals surface area contributed by atoms with Gasteiger partial charge >= 0.3 is 0 Å². The Bertz CT molecular complexity index is 418. The molecule has 2 rings (SSSR count). The number of nitrogens with one attached hydrogen (secondary N) is 2. The molecule has 0 bridgehead atoms. The lowest BCUT2D eigenvalue weighted by Crippen LogP contribution is -2.39. The standard InChI is InChI=1S/C14H25N5O/c1-11(2)16-14-17-12(3)10-13(18-14)15-4-5-19-6-8-20-9-7-19/h10-11H,4-9H2,1-3H3,(H2,15,16,17,18). The number of morpholine rings is 1. The molecule has 112 valence electrons. The van der Waals surface area contributed by atoms with Gasteiger partial charge in [-0.3, -0.25) is 4.90 Å². The van der Waals surface area contributed by atoms with Crippen LogP contribution < -0.4 is 10.6 Å². The third-order valence-corrected chi connectivity index (χ3v) is 3.11. The summed E-state index contributed by atoms with van der Waals surface area (Å²) in [4.78, 5) is 11.3. The number of ether oxygens (including phenoxy) is 1. The van der Waals surface area contributed by atoms with E-state index in [9.17, 15) is 0 Å². The molecular formula is C14H25N5O. The van der Waals surface area contributed by atoms with Crippen molar-refractivity contribution in [3.05, 3.63) is 11.8 Å². The van der Waals surface area contributed by atoms with Gasteiger partial charge in [0, 0.05) is 44.0 Å². The Morgan fingerprint density at radius 3 is 2.75 bits per heavy atom. The lowest BCUT2D eigenvalue weighted by atomic mass is 10.4. The monoisotopic (exact) mass is 279 g/mol. The second-order valence-electron chi connectivity index (χ2n) is 5.40. The molecule has 1 aromatic rings. The maximum absolute atomic E-state index is 5.34. The quantitative estimate of drug-likeness (QED) is 0.819. The van der Waals surface area contributed by atoms with Crippen LogP contribution in [0.2, 0.25) is 0 Å². The van der Waals surface area contributed by atoms with Gasteiger partial charge in [-0.1, -0.05) is 0 Å². The molecule has 0 aromatic carbocycles. The molecule has 1 saturated heterocycles. The first-order chi connectivity index (χ1) is 9.63. The van der Waals surface area contributed by atoms with E-state index in [0.29, 0.717) is 12.0 Å². The summed E-state index contributed by atoms with van der Waals surface area (Å²) in [7, 11) is 0. The zero-order valence-electron chi connectivity index (χ0n) is 12.6. The highest BCUT2D eigenvalue weighted by atomic mass is 16.5. The highest BCUT2D eigenvalue weighted by molar-refractivity contribution is 5.42. The molecule has 0 amide bonds. The summed E-state index contributed by atoms with van der Waals surface area (Å²) in [5, 5.41) is 6.61. The van der Waals surface area contributed by atoms with Crippen LogP contribution in [0.4, 0.5) is 11.8 Å². The SMILES string of the molecule is Cc1cc(NCCN2CCOCC2)nc(NC(C)C)n1. The van der Waals surface area contributed by atoms with Crippen molar-refractivity contribution in [1.29, 1.82) is 0 Å². The molecule has 1 aromatic heterocycles.